The van der Waals surface area contributed by atoms with Crippen molar-refractivity contribution in [2.45, 2.75) is 31.9 Å². The highest BCUT2D eigenvalue weighted by Crippen LogP contribution is 2.41. The first-order chi connectivity index (χ1) is 10.1. The molecule has 3 rings (SSSR count). The molecule has 0 aromatic carbocycles. The van der Waals surface area contributed by atoms with Gasteiger partial charge in [0.1, 0.15) is 6.10 Å². The maximum absolute atomic E-state index is 12.1. The molecular weight excluding hydrogens is 284 g/mol. The van der Waals surface area contributed by atoms with Crippen molar-refractivity contribution in [2.75, 3.05) is 33.8 Å². The number of amides is 1. The maximum atomic E-state index is 12.1. The first-order valence-electron chi connectivity index (χ1n) is 7.66. The molecule has 1 amide bonds. The Morgan fingerprint density at radius 2 is 2.43 bits per heavy atom. The van der Waals surface area contributed by atoms with Crippen LogP contribution < -0.4 is 0 Å². The smallest absolute Gasteiger partial charge is 0.251 e. The van der Waals surface area contributed by atoms with Crippen LogP contribution in [0.4, 0.5) is 0 Å². The van der Waals surface area contributed by atoms with Crippen LogP contribution in [0, 0.1) is 5.41 Å². The Labute approximate surface area is 130 Å². The summed E-state index contributed by atoms with van der Waals surface area (Å²) in [6, 6.07) is 4.32. The Kier molecular flexibility index (Phi) is 4.33. The van der Waals surface area contributed by atoms with Crippen LogP contribution in [-0.4, -0.2) is 55.6 Å². The van der Waals surface area contributed by atoms with E-state index in [1.807, 2.05) is 11.3 Å². The molecule has 2 atom stereocenters. The lowest BCUT2D eigenvalue weighted by atomic mass is 9.78. The number of carbonyl (C=O) groups is 1. The number of rotatable bonds is 3. The Balaban J connectivity index is 1.62. The molecule has 21 heavy (non-hydrogen) atoms. The highest BCUT2D eigenvalue weighted by Gasteiger charge is 2.45. The van der Waals surface area contributed by atoms with Gasteiger partial charge in [-0.2, -0.15) is 0 Å². The molecule has 0 bridgehead atoms. The van der Waals surface area contributed by atoms with Gasteiger partial charge in [0, 0.05) is 37.5 Å². The van der Waals surface area contributed by atoms with Gasteiger partial charge in [-0.3, -0.25) is 9.69 Å². The molecule has 2 aliphatic heterocycles. The van der Waals surface area contributed by atoms with Gasteiger partial charge in [-0.1, -0.05) is 6.07 Å². The molecule has 0 N–H and O–H groups in total. The molecule has 1 spiro atoms. The lowest BCUT2D eigenvalue weighted by Gasteiger charge is -2.39. The average molecular weight is 308 g/mol. The Morgan fingerprint density at radius 3 is 3.14 bits per heavy atom. The fourth-order valence-electron chi connectivity index (χ4n) is 3.59. The van der Waals surface area contributed by atoms with Crippen molar-refractivity contribution < 1.29 is 9.53 Å². The minimum atomic E-state index is -0.235. The first-order valence-corrected chi connectivity index (χ1v) is 8.53. The number of piperidine rings is 1. The van der Waals surface area contributed by atoms with E-state index in [0.717, 1.165) is 32.7 Å². The monoisotopic (exact) mass is 308 g/mol. The molecule has 3 heterocycles. The van der Waals surface area contributed by atoms with E-state index >= 15 is 0 Å². The van der Waals surface area contributed by atoms with Gasteiger partial charge in [-0.15, -0.1) is 11.3 Å². The minimum absolute atomic E-state index is 0.113. The summed E-state index contributed by atoms with van der Waals surface area (Å²) in [4.78, 5) is 17.7. The molecule has 5 heteroatoms. The van der Waals surface area contributed by atoms with Gasteiger partial charge >= 0.3 is 0 Å². The summed E-state index contributed by atoms with van der Waals surface area (Å²) < 4.78 is 5.84. The number of likely N-dealkylation sites (N-methyl/N-ethyl adjacent to an activating group) is 1. The van der Waals surface area contributed by atoms with Crippen molar-refractivity contribution in [3.05, 3.63) is 22.4 Å². The van der Waals surface area contributed by atoms with Gasteiger partial charge < -0.3 is 9.64 Å². The number of thiophene rings is 1. The highest BCUT2D eigenvalue weighted by molar-refractivity contribution is 7.09. The molecule has 1 aromatic rings. The van der Waals surface area contributed by atoms with Crippen LogP contribution >= 0.6 is 11.3 Å². The van der Waals surface area contributed by atoms with E-state index in [0.29, 0.717) is 0 Å². The number of carbonyl (C=O) groups excluding carboxylic acids is 1. The predicted octanol–water partition coefficient (Wildman–Crippen LogP) is 2.21. The van der Waals surface area contributed by atoms with Crippen molar-refractivity contribution in [3.8, 4) is 0 Å². The first kappa shape index (κ1) is 15.0. The third-order valence-electron chi connectivity index (χ3n) is 4.63. The van der Waals surface area contributed by atoms with E-state index in [4.69, 9.17) is 4.74 Å². The number of hydrogen-bond acceptors (Lipinski definition) is 4. The van der Waals surface area contributed by atoms with Crippen LogP contribution in [0.15, 0.2) is 17.5 Å². The van der Waals surface area contributed by atoms with E-state index in [9.17, 15) is 4.79 Å². The fourth-order valence-corrected chi connectivity index (χ4v) is 4.33. The zero-order valence-electron chi connectivity index (χ0n) is 12.9. The summed E-state index contributed by atoms with van der Waals surface area (Å²) in [6.45, 7) is 3.98. The zero-order chi connectivity index (χ0) is 14.9. The fraction of sp³-hybridized carbons (Fsp3) is 0.688. The van der Waals surface area contributed by atoms with Gasteiger partial charge in [0.05, 0.1) is 6.61 Å². The third-order valence-corrected chi connectivity index (χ3v) is 5.49. The van der Waals surface area contributed by atoms with E-state index in [-0.39, 0.29) is 17.4 Å². The molecule has 0 saturated carbocycles. The average Bonchev–Trinajstić information content (AvgIpc) is 3.09. The molecular formula is C16H24N2O2S. The SMILES string of the molecule is CN(C)C(=O)[C@@H]1C[C@@]2(CCCN(Cc3cccs3)C2)CO1. The quantitative estimate of drug-likeness (QED) is 0.858. The van der Waals surface area contributed by atoms with Crippen LogP contribution in [0.5, 0.6) is 0 Å². The van der Waals surface area contributed by atoms with E-state index in [1.54, 1.807) is 19.0 Å². The minimum Gasteiger partial charge on any atom is -0.368 e. The van der Waals surface area contributed by atoms with Crippen LogP contribution in [0.1, 0.15) is 24.1 Å². The van der Waals surface area contributed by atoms with Crippen LogP contribution in [0.3, 0.4) is 0 Å². The van der Waals surface area contributed by atoms with Crippen molar-refractivity contribution >= 4 is 17.2 Å². The lowest BCUT2D eigenvalue weighted by molar-refractivity contribution is -0.138. The summed E-state index contributed by atoms with van der Waals surface area (Å²) in [5, 5.41) is 2.14. The molecule has 0 radical (unpaired) electrons. The molecule has 4 nitrogen and oxygen atoms in total. The van der Waals surface area contributed by atoms with E-state index in [1.165, 1.54) is 17.7 Å². The molecule has 2 fully saturated rings. The van der Waals surface area contributed by atoms with Crippen LogP contribution in [0.25, 0.3) is 0 Å². The van der Waals surface area contributed by atoms with Crippen LogP contribution in [-0.2, 0) is 16.1 Å². The number of hydrogen-bond donors (Lipinski definition) is 0. The summed E-state index contributed by atoms with van der Waals surface area (Å²) in [6.07, 6.45) is 3.04. The second-order valence-corrected chi connectivity index (χ2v) is 7.66. The van der Waals surface area contributed by atoms with Crippen molar-refractivity contribution in [1.29, 1.82) is 0 Å². The number of nitrogens with zero attached hydrogens (tertiary/aromatic N) is 2. The molecule has 0 aliphatic carbocycles. The number of ether oxygens (including phenoxy) is 1. The van der Waals surface area contributed by atoms with Gasteiger partial charge in [-0.25, -0.2) is 0 Å². The standard InChI is InChI=1S/C16H24N2O2S/c1-17(2)15(19)14-9-16(12-20-14)6-4-7-18(11-16)10-13-5-3-8-21-13/h3,5,8,14H,4,6-7,9-12H2,1-2H3/t14-,16+/m0/s1. The summed E-state index contributed by atoms with van der Waals surface area (Å²) in [5.74, 6) is 0.113. The van der Waals surface area contributed by atoms with Gasteiger partial charge in [0.15, 0.2) is 0 Å². The molecule has 1 aromatic heterocycles. The number of likely N-dealkylation sites (tertiary alicyclic amines) is 1. The molecule has 2 saturated heterocycles. The topological polar surface area (TPSA) is 32.8 Å². The van der Waals surface area contributed by atoms with E-state index < -0.39 is 0 Å². The summed E-state index contributed by atoms with van der Waals surface area (Å²) in [5.41, 5.74) is 0.186. The Bertz CT molecular complexity index is 488. The van der Waals surface area contributed by atoms with Crippen molar-refractivity contribution in [3.63, 3.8) is 0 Å². The third kappa shape index (κ3) is 3.30. The predicted molar refractivity (Wildman–Crippen MR) is 84.3 cm³/mol. The summed E-state index contributed by atoms with van der Waals surface area (Å²) in [7, 11) is 3.61. The molecule has 2 aliphatic rings. The zero-order valence-corrected chi connectivity index (χ0v) is 13.7. The van der Waals surface area contributed by atoms with Crippen LogP contribution in [0.2, 0.25) is 0 Å². The Hall–Kier alpha value is -0.910. The van der Waals surface area contributed by atoms with Crippen molar-refractivity contribution in [2.24, 2.45) is 5.41 Å². The lowest BCUT2D eigenvalue weighted by Crippen LogP contribution is -2.43. The second kappa shape index (κ2) is 6.07. The van der Waals surface area contributed by atoms with Gasteiger partial charge in [-0.05, 0) is 37.3 Å². The molecule has 0 unspecified atom stereocenters. The molecule has 116 valence electrons. The largest absolute Gasteiger partial charge is 0.368 e. The van der Waals surface area contributed by atoms with E-state index in [2.05, 4.69) is 22.4 Å². The maximum Gasteiger partial charge on any atom is 0.251 e. The highest BCUT2D eigenvalue weighted by atomic mass is 32.1. The van der Waals surface area contributed by atoms with Gasteiger partial charge in [0.25, 0.3) is 5.91 Å². The Morgan fingerprint density at radius 1 is 1.57 bits per heavy atom. The summed E-state index contributed by atoms with van der Waals surface area (Å²) >= 11 is 1.82. The second-order valence-electron chi connectivity index (χ2n) is 6.63. The van der Waals surface area contributed by atoms with Gasteiger partial charge in [0.2, 0.25) is 0 Å². The normalized spacial score (nSPS) is 29.9. The van der Waals surface area contributed by atoms with Crippen molar-refractivity contribution in [1.82, 2.24) is 9.80 Å².